The average molecular weight is 536 g/mol. The first-order valence-electron chi connectivity index (χ1n) is 12.7. The van der Waals surface area contributed by atoms with Crippen LogP contribution in [0.2, 0.25) is 0 Å². The maximum Gasteiger partial charge on any atom is 0.244 e. The molecule has 0 saturated heterocycles. The predicted octanol–water partition coefficient (Wildman–Crippen LogP) is 4.15. The quantitative estimate of drug-likeness (QED) is 0.400. The Balaban J connectivity index is 2.09. The summed E-state index contributed by atoms with van der Waals surface area (Å²) in [5, 5.41) is 2.87. The summed E-state index contributed by atoms with van der Waals surface area (Å²) < 4.78 is 27.1. The third kappa shape index (κ3) is 7.22. The van der Waals surface area contributed by atoms with Gasteiger partial charge in [0, 0.05) is 19.5 Å². The van der Waals surface area contributed by atoms with Crippen molar-refractivity contribution in [1.82, 2.24) is 10.2 Å². The van der Waals surface area contributed by atoms with Crippen LogP contribution in [-0.4, -0.2) is 50.5 Å². The number of anilines is 1. The molecule has 202 valence electrons. The molecule has 3 aromatic carbocycles. The molecule has 0 heterocycles. The summed E-state index contributed by atoms with van der Waals surface area (Å²) in [5.74, 6) is -0.732. The van der Waals surface area contributed by atoms with Crippen molar-refractivity contribution in [3.8, 4) is 0 Å². The van der Waals surface area contributed by atoms with Gasteiger partial charge in [0.05, 0.1) is 11.9 Å². The van der Waals surface area contributed by atoms with E-state index in [-0.39, 0.29) is 12.5 Å². The van der Waals surface area contributed by atoms with Gasteiger partial charge in [0.2, 0.25) is 21.8 Å². The summed E-state index contributed by atoms with van der Waals surface area (Å²) in [4.78, 5) is 29.0. The number of hydrogen-bond donors (Lipinski definition) is 1. The minimum atomic E-state index is -3.80. The van der Waals surface area contributed by atoms with Crippen LogP contribution in [0.4, 0.5) is 5.69 Å². The molecule has 0 saturated carbocycles. The van der Waals surface area contributed by atoms with Crippen molar-refractivity contribution in [2.24, 2.45) is 0 Å². The van der Waals surface area contributed by atoms with Crippen molar-refractivity contribution in [3.63, 3.8) is 0 Å². The number of likely N-dealkylation sites (N-methyl/N-ethyl adjacent to an activating group) is 1. The molecule has 0 aliphatic heterocycles. The van der Waals surface area contributed by atoms with E-state index in [1.54, 1.807) is 0 Å². The fraction of sp³-hybridized carbons (Fsp3) is 0.333. The molecule has 0 aliphatic rings. The third-order valence-electron chi connectivity index (χ3n) is 6.59. The van der Waals surface area contributed by atoms with E-state index in [0.29, 0.717) is 18.7 Å². The molecule has 1 N–H and O–H groups in total. The Bertz CT molecular complexity index is 1350. The van der Waals surface area contributed by atoms with Crippen LogP contribution in [-0.2, 0) is 32.6 Å². The number of carbonyl (C=O) groups excluding carboxylic acids is 2. The topological polar surface area (TPSA) is 86.8 Å². The number of benzene rings is 3. The van der Waals surface area contributed by atoms with Gasteiger partial charge in [0.1, 0.15) is 12.6 Å². The summed E-state index contributed by atoms with van der Waals surface area (Å²) in [6.45, 7) is 7.60. The maximum atomic E-state index is 14.1. The molecular weight excluding hydrogens is 498 g/mol. The van der Waals surface area contributed by atoms with Gasteiger partial charge in [-0.3, -0.25) is 13.9 Å². The largest absolute Gasteiger partial charge is 0.355 e. The summed E-state index contributed by atoms with van der Waals surface area (Å²) in [6.07, 6.45) is 1.40. The Hall–Kier alpha value is -3.65. The highest BCUT2D eigenvalue weighted by atomic mass is 32.2. The van der Waals surface area contributed by atoms with Crippen LogP contribution in [0.3, 0.4) is 0 Å². The zero-order valence-corrected chi connectivity index (χ0v) is 23.6. The lowest BCUT2D eigenvalue weighted by Gasteiger charge is -2.34. The van der Waals surface area contributed by atoms with Gasteiger partial charge in [-0.2, -0.15) is 0 Å². The number of hydrogen-bond acceptors (Lipinski definition) is 4. The van der Waals surface area contributed by atoms with E-state index in [2.05, 4.69) is 5.32 Å². The number of nitrogens with zero attached hydrogens (tertiary/aromatic N) is 2. The molecule has 1 atom stereocenters. The second-order valence-corrected chi connectivity index (χ2v) is 11.5. The first kappa shape index (κ1) is 28.9. The zero-order valence-electron chi connectivity index (χ0n) is 22.8. The minimum absolute atomic E-state index is 0.171. The molecule has 0 bridgehead atoms. The molecule has 2 amide bonds. The van der Waals surface area contributed by atoms with Crippen molar-refractivity contribution in [1.29, 1.82) is 0 Å². The van der Waals surface area contributed by atoms with E-state index in [4.69, 9.17) is 0 Å². The highest BCUT2D eigenvalue weighted by Gasteiger charge is 2.33. The molecular formula is C30H37N3O4S. The van der Waals surface area contributed by atoms with E-state index in [9.17, 15) is 18.0 Å². The highest BCUT2D eigenvalue weighted by Crippen LogP contribution is 2.27. The minimum Gasteiger partial charge on any atom is -0.355 e. The first-order valence-corrected chi connectivity index (χ1v) is 14.6. The number of para-hydroxylation sites is 1. The van der Waals surface area contributed by atoms with E-state index in [0.717, 1.165) is 38.4 Å². The van der Waals surface area contributed by atoms with Gasteiger partial charge in [-0.05, 0) is 55.5 Å². The monoisotopic (exact) mass is 535 g/mol. The van der Waals surface area contributed by atoms with Crippen LogP contribution in [0.15, 0.2) is 72.8 Å². The fourth-order valence-electron chi connectivity index (χ4n) is 4.59. The van der Waals surface area contributed by atoms with E-state index >= 15 is 0 Å². The summed E-state index contributed by atoms with van der Waals surface area (Å²) in [7, 11) is -3.80. The lowest BCUT2D eigenvalue weighted by molar-refractivity contribution is -0.140. The molecule has 0 fully saturated rings. The third-order valence-corrected chi connectivity index (χ3v) is 7.70. The van der Waals surface area contributed by atoms with E-state index in [1.165, 1.54) is 4.90 Å². The number of carbonyl (C=O) groups is 2. The highest BCUT2D eigenvalue weighted by molar-refractivity contribution is 7.92. The molecule has 38 heavy (non-hydrogen) atoms. The normalized spacial score (nSPS) is 12.0. The molecule has 0 radical (unpaired) electrons. The standard InChI is InChI=1S/C30H37N3O4S/c1-6-31-30(35)27(19-25-16-8-7-9-17-25)32(20-26-18-11-10-13-22(26)2)28(34)21-33(38(5,36)37)29-23(3)14-12-15-24(29)4/h7-18,27H,6,19-21H2,1-5H3,(H,31,35)/t27-/m0/s1. The second kappa shape index (κ2) is 12.7. The van der Waals surface area contributed by atoms with Crippen LogP contribution < -0.4 is 9.62 Å². The van der Waals surface area contributed by atoms with E-state index in [1.807, 2.05) is 100 Å². The smallest absolute Gasteiger partial charge is 0.244 e. The summed E-state index contributed by atoms with van der Waals surface area (Å²) >= 11 is 0. The molecule has 0 spiro atoms. The Morgan fingerprint density at radius 2 is 1.42 bits per heavy atom. The van der Waals surface area contributed by atoms with Crippen molar-refractivity contribution < 1.29 is 18.0 Å². The zero-order chi connectivity index (χ0) is 27.9. The number of amides is 2. The van der Waals surface area contributed by atoms with Crippen LogP contribution in [0.5, 0.6) is 0 Å². The Kier molecular flexibility index (Phi) is 9.69. The van der Waals surface area contributed by atoms with Crippen LogP contribution in [0.1, 0.15) is 34.7 Å². The van der Waals surface area contributed by atoms with Gasteiger partial charge in [0.15, 0.2) is 0 Å². The number of nitrogens with one attached hydrogen (secondary N) is 1. The van der Waals surface area contributed by atoms with Gasteiger partial charge < -0.3 is 10.2 Å². The first-order chi connectivity index (χ1) is 18.0. The fourth-order valence-corrected chi connectivity index (χ4v) is 5.56. The van der Waals surface area contributed by atoms with Crippen molar-refractivity contribution in [2.45, 2.75) is 46.7 Å². The van der Waals surface area contributed by atoms with Gasteiger partial charge in [-0.1, -0.05) is 72.8 Å². The summed E-state index contributed by atoms with van der Waals surface area (Å²) in [5.41, 5.74) is 4.75. The van der Waals surface area contributed by atoms with E-state index < -0.39 is 28.5 Å². The second-order valence-electron chi connectivity index (χ2n) is 9.56. The Morgan fingerprint density at radius 3 is 2.00 bits per heavy atom. The molecule has 7 nitrogen and oxygen atoms in total. The predicted molar refractivity (Wildman–Crippen MR) is 152 cm³/mol. The lowest BCUT2D eigenvalue weighted by atomic mass is 10.0. The molecule has 0 aliphatic carbocycles. The van der Waals surface area contributed by atoms with Gasteiger partial charge >= 0.3 is 0 Å². The molecule has 8 heteroatoms. The van der Waals surface area contributed by atoms with Crippen LogP contribution in [0.25, 0.3) is 0 Å². The Morgan fingerprint density at radius 1 is 0.842 bits per heavy atom. The van der Waals surface area contributed by atoms with Crippen LogP contribution >= 0.6 is 0 Å². The molecule has 3 aromatic rings. The van der Waals surface area contributed by atoms with Crippen LogP contribution in [0, 0.1) is 20.8 Å². The molecule has 0 aromatic heterocycles. The Labute approximate surface area is 226 Å². The van der Waals surface area contributed by atoms with Crippen molar-refractivity contribution in [3.05, 3.63) is 101 Å². The van der Waals surface area contributed by atoms with Gasteiger partial charge in [-0.25, -0.2) is 8.42 Å². The maximum absolute atomic E-state index is 14.1. The average Bonchev–Trinajstić information content (AvgIpc) is 2.86. The van der Waals surface area contributed by atoms with Gasteiger partial charge in [-0.15, -0.1) is 0 Å². The van der Waals surface area contributed by atoms with Gasteiger partial charge in [0.25, 0.3) is 0 Å². The number of aryl methyl sites for hydroxylation is 3. The molecule has 0 unspecified atom stereocenters. The molecule has 3 rings (SSSR count). The number of sulfonamides is 1. The number of rotatable bonds is 11. The van der Waals surface area contributed by atoms with Crippen molar-refractivity contribution >= 4 is 27.5 Å². The lowest BCUT2D eigenvalue weighted by Crippen LogP contribution is -2.53. The van der Waals surface area contributed by atoms with Crippen molar-refractivity contribution in [2.75, 3.05) is 23.7 Å². The SMILES string of the molecule is CCNC(=O)[C@H](Cc1ccccc1)N(Cc1ccccc1C)C(=O)CN(c1c(C)cccc1C)S(C)(=O)=O. The summed E-state index contributed by atoms with van der Waals surface area (Å²) in [6, 6.07) is 21.9.